The second-order valence-electron chi connectivity index (χ2n) is 5.61. The van der Waals surface area contributed by atoms with E-state index in [1.807, 2.05) is 17.0 Å². The normalized spacial score (nSPS) is 13.5. The molecule has 2 heterocycles. The molecule has 0 N–H and O–H groups in total. The number of hydrogen-bond acceptors (Lipinski definition) is 6. The van der Waals surface area contributed by atoms with Gasteiger partial charge in [0.2, 0.25) is 0 Å². The Morgan fingerprint density at radius 1 is 1.23 bits per heavy atom. The highest BCUT2D eigenvalue weighted by Crippen LogP contribution is 2.31. The van der Waals surface area contributed by atoms with E-state index in [-0.39, 0.29) is 11.3 Å². The maximum atomic E-state index is 11.6. The predicted molar refractivity (Wildman–Crippen MR) is 94.7 cm³/mol. The lowest BCUT2D eigenvalue weighted by Gasteiger charge is -2.28. The Balaban J connectivity index is 2.03. The molecule has 1 aliphatic rings. The topological polar surface area (TPSA) is 108 Å². The Kier molecular flexibility index (Phi) is 4.97. The molecule has 0 bridgehead atoms. The zero-order valence-corrected chi connectivity index (χ0v) is 13.8. The number of nitriles is 2. The quantitative estimate of drug-likeness (QED) is 0.477. The number of nitro groups is 1. The average molecular weight is 349 g/mol. The monoisotopic (exact) mass is 349 g/mol. The van der Waals surface area contributed by atoms with Crippen LogP contribution in [-0.2, 0) is 4.74 Å². The van der Waals surface area contributed by atoms with E-state index >= 15 is 0 Å². The van der Waals surface area contributed by atoms with Crippen LogP contribution in [0.2, 0.25) is 0 Å². The smallest absolute Gasteiger partial charge is 0.294 e. The number of benzene rings is 1. The predicted octanol–water partition coefficient (Wildman–Crippen LogP) is 2.65. The molecule has 1 aromatic heterocycles. The summed E-state index contributed by atoms with van der Waals surface area (Å²) < 4.78 is 7.00. The molecule has 0 saturated carbocycles. The van der Waals surface area contributed by atoms with Crippen molar-refractivity contribution in [2.24, 2.45) is 0 Å². The molecule has 1 fully saturated rings. The first-order valence-electron chi connectivity index (χ1n) is 7.95. The van der Waals surface area contributed by atoms with Crippen LogP contribution in [0.25, 0.3) is 11.8 Å². The fourth-order valence-electron chi connectivity index (χ4n) is 2.86. The number of rotatable bonds is 4. The minimum absolute atomic E-state index is 0.00817. The average Bonchev–Trinajstić information content (AvgIpc) is 3.14. The molecule has 0 spiro atoms. The van der Waals surface area contributed by atoms with Crippen molar-refractivity contribution in [3.8, 4) is 17.8 Å². The number of aromatic nitrogens is 1. The van der Waals surface area contributed by atoms with Crippen LogP contribution in [0.15, 0.2) is 42.1 Å². The van der Waals surface area contributed by atoms with E-state index in [0.717, 1.165) is 0 Å². The van der Waals surface area contributed by atoms with Crippen molar-refractivity contribution in [2.75, 3.05) is 31.2 Å². The highest BCUT2D eigenvalue weighted by Gasteiger charge is 2.22. The largest absolute Gasteiger partial charge is 0.378 e. The van der Waals surface area contributed by atoms with Crippen molar-refractivity contribution in [1.82, 2.24) is 4.57 Å². The molecule has 130 valence electrons. The summed E-state index contributed by atoms with van der Waals surface area (Å²) in [5.74, 6) is 0. The van der Waals surface area contributed by atoms with Gasteiger partial charge in [-0.3, -0.25) is 10.1 Å². The molecule has 0 amide bonds. The lowest BCUT2D eigenvalue weighted by molar-refractivity contribution is -0.384. The van der Waals surface area contributed by atoms with Gasteiger partial charge in [0, 0.05) is 31.0 Å². The lowest BCUT2D eigenvalue weighted by atomic mass is 10.2. The third kappa shape index (κ3) is 3.41. The van der Waals surface area contributed by atoms with E-state index in [1.54, 1.807) is 35.0 Å². The molecule has 0 unspecified atom stereocenters. The molecule has 3 rings (SSSR count). The van der Waals surface area contributed by atoms with Gasteiger partial charge >= 0.3 is 0 Å². The summed E-state index contributed by atoms with van der Waals surface area (Å²) in [5, 5.41) is 29.4. The standard InChI is InChI=1S/C18H15N5O3/c19-12-14(13-20)10-15-2-1-5-22(15)16-3-4-17(18(11-16)23(24)25)21-6-8-26-9-7-21/h1-5,10-11H,6-9H2. The number of nitrogens with zero attached hydrogens (tertiary/aromatic N) is 5. The van der Waals surface area contributed by atoms with E-state index in [4.69, 9.17) is 15.3 Å². The zero-order valence-electron chi connectivity index (χ0n) is 13.8. The van der Waals surface area contributed by atoms with Crippen LogP contribution in [0.3, 0.4) is 0 Å². The van der Waals surface area contributed by atoms with Gasteiger partial charge in [-0.2, -0.15) is 10.5 Å². The maximum Gasteiger partial charge on any atom is 0.294 e. The molecule has 2 aromatic rings. The van der Waals surface area contributed by atoms with Gasteiger partial charge in [-0.1, -0.05) is 0 Å². The molecule has 0 aliphatic carbocycles. The van der Waals surface area contributed by atoms with Gasteiger partial charge in [0.25, 0.3) is 5.69 Å². The Morgan fingerprint density at radius 3 is 2.62 bits per heavy atom. The summed E-state index contributed by atoms with van der Waals surface area (Å²) >= 11 is 0. The molecule has 1 aromatic carbocycles. The maximum absolute atomic E-state index is 11.6. The second-order valence-corrected chi connectivity index (χ2v) is 5.61. The van der Waals surface area contributed by atoms with Crippen molar-refractivity contribution in [3.63, 3.8) is 0 Å². The molecule has 0 radical (unpaired) electrons. The van der Waals surface area contributed by atoms with Crippen LogP contribution in [0.1, 0.15) is 5.69 Å². The third-order valence-electron chi connectivity index (χ3n) is 4.10. The van der Waals surface area contributed by atoms with Gasteiger partial charge in [0.1, 0.15) is 23.4 Å². The van der Waals surface area contributed by atoms with E-state index in [1.165, 1.54) is 12.1 Å². The number of anilines is 1. The molecule has 8 nitrogen and oxygen atoms in total. The lowest BCUT2D eigenvalue weighted by Crippen LogP contribution is -2.36. The zero-order chi connectivity index (χ0) is 18.5. The van der Waals surface area contributed by atoms with Gasteiger partial charge < -0.3 is 14.2 Å². The van der Waals surface area contributed by atoms with Crippen molar-refractivity contribution in [3.05, 3.63) is 57.9 Å². The molecule has 1 saturated heterocycles. The highest BCUT2D eigenvalue weighted by molar-refractivity contribution is 5.68. The number of morpholine rings is 1. The Hall–Kier alpha value is -3.62. The van der Waals surface area contributed by atoms with E-state index in [9.17, 15) is 10.1 Å². The summed E-state index contributed by atoms with van der Waals surface area (Å²) in [6, 6.07) is 12.1. The number of hydrogen-bond donors (Lipinski definition) is 0. The first-order chi connectivity index (χ1) is 12.6. The molecule has 1 aliphatic heterocycles. The second kappa shape index (κ2) is 7.51. The van der Waals surface area contributed by atoms with Crippen LogP contribution in [0, 0.1) is 32.8 Å². The fraction of sp³-hybridized carbons (Fsp3) is 0.222. The van der Waals surface area contributed by atoms with Gasteiger partial charge in [-0.05, 0) is 30.3 Å². The van der Waals surface area contributed by atoms with Crippen LogP contribution in [0.5, 0.6) is 0 Å². The van der Waals surface area contributed by atoms with Crippen molar-refractivity contribution >= 4 is 17.5 Å². The summed E-state index contributed by atoms with van der Waals surface area (Å²) in [7, 11) is 0. The molecule has 0 atom stereocenters. The summed E-state index contributed by atoms with van der Waals surface area (Å²) in [4.78, 5) is 13.1. The van der Waals surface area contributed by atoms with Crippen LogP contribution in [0.4, 0.5) is 11.4 Å². The van der Waals surface area contributed by atoms with Gasteiger partial charge in [-0.15, -0.1) is 0 Å². The van der Waals surface area contributed by atoms with Crippen molar-refractivity contribution in [2.45, 2.75) is 0 Å². The van der Waals surface area contributed by atoms with Gasteiger partial charge in [0.05, 0.1) is 23.8 Å². The Bertz CT molecular complexity index is 926. The Labute approximate surface area is 149 Å². The summed E-state index contributed by atoms with van der Waals surface area (Å²) in [6.07, 6.45) is 3.17. The minimum atomic E-state index is -0.400. The first kappa shape index (κ1) is 17.2. The van der Waals surface area contributed by atoms with E-state index in [2.05, 4.69) is 0 Å². The minimum Gasteiger partial charge on any atom is -0.378 e. The summed E-state index contributed by atoms with van der Waals surface area (Å²) in [6.45, 7) is 2.28. The van der Waals surface area contributed by atoms with Crippen LogP contribution < -0.4 is 4.90 Å². The van der Waals surface area contributed by atoms with Crippen molar-refractivity contribution in [1.29, 1.82) is 10.5 Å². The van der Waals surface area contributed by atoms with Crippen molar-refractivity contribution < 1.29 is 9.66 Å². The molecule has 26 heavy (non-hydrogen) atoms. The van der Waals surface area contributed by atoms with Crippen LogP contribution in [-0.4, -0.2) is 35.8 Å². The summed E-state index contributed by atoms with van der Waals surface area (Å²) in [5.41, 5.74) is 1.70. The van der Waals surface area contributed by atoms with Crippen LogP contribution >= 0.6 is 0 Å². The van der Waals surface area contributed by atoms with Gasteiger partial charge in [0.15, 0.2) is 0 Å². The molecular formula is C18H15N5O3. The van der Waals surface area contributed by atoms with E-state index < -0.39 is 4.92 Å². The van der Waals surface area contributed by atoms with Gasteiger partial charge in [-0.25, -0.2) is 0 Å². The fourth-order valence-corrected chi connectivity index (χ4v) is 2.86. The number of allylic oxidation sites excluding steroid dienone is 1. The third-order valence-corrected chi connectivity index (χ3v) is 4.10. The SMILES string of the molecule is N#CC(C#N)=Cc1cccn1-c1ccc(N2CCOCC2)c([N+](=O)[O-])c1. The van der Waals surface area contributed by atoms with E-state index in [0.29, 0.717) is 43.4 Å². The Morgan fingerprint density at radius 2 is 1.96 bits per heavy atom. The number of nitro benzene ring substituents is 1. The number of ether oxygens (including phenoxy) is 1. The highest BCUT2D eigenvalue weighted by atomic mass is 16.6. The molecule has 8 heteroatoms. The molecular weight excluding hydrogens is 334 g/mol. The first-order valence-corrected chi connectivity index (χ1v) is 7.95.